The summed E-state index contributed by atoms with van der Waals surface area (Å²) >= 11 is 0. The molecule has 29 heavy (non-hydrogen) atoms. The van der Waals surface area contributed by atoms with Gasteiger partial charge in [0.25, 0.3) is 0 Å². The van der Waals surface area contributed by atoms with Gasteiger partial charge in [0.15, 0.2) is 0 Å². The summed E-state index contributed by atoms with van der Waals surface area (Å²) < 4.78 is 31.8. The zero-order valence-corrected chi connectivity index (χ0v) is 17.6. The Morgan fingerprint density at radius 3 is 1.62 bits per heavy atom. The molecule has 0 aliphatic rings. The van der Waals surface area contributed by atoms with Gasteiger partial charge in [-0.1, -0.05) is 0 Å². The predicted octanol–water partition coefficient (Wildman–Crippen LogP) is -0.676. The van der Waals surface area contributed by atoms with Crippen molar-refractivity contribution >= 4 is 5.91 Å². The minimum Gasteiger partial charge on any atom is -0.394 e. The van der Waals surface area contributed by atoms with Gasteiger partial charge < -0.3 is 44.6 Å². The van der Waals surface area contributed by atoms with E-state index in [9.17, 15) is 4.79 Å². The molecule has 4 N–H and O–H groups in total. The van der Waals surface area contributed by atoms with Crippen LogP contribution in [-0.2, 0) is 33.2 Å². The van der Waals surface area contributed by atoms with Crippen LogP contribution in [0.4, 0.5) is 0 Å². The van der Waals surface area contributed by atoms with Gasteiger partial charge in [0, 0.05) is 26.2 Å². The molecular weight excluding hydrogens is 384 g/mol. The van der Waals surface area contributed by atoms with Crippen LogP contribution in [0.2, 0.25) is 0 Å². The van der Waals surface area contributed by atoms with E-state index in [1.165, 1.54) is 0 Å². The Balaban J connectivity index is 3.13. The highest BCUT2D eigenvalue weighted by Gasteiger charge is 2.01. The second-order valence-electron chi connectivity index (χ2n) is 5.99. The third-order valence-electron chi connectivity index (χ3n) is 3.48. The highest BCUT2D eigenvalue weighted by Crippen LogP contribution is 1.88. The molecule has 0 atom stereocenters. The maximum atomic E-state index is 11.6. The van der Waals surface area contributed by atoms with E-state index in [4.69, 9.17) is 39.3 Å². The Morgan fingerprint density at radius 1 is 0.655 bits per heavy atom. The molecular formula is C19H40N2O8. The second kappa shape index (κ2) is 25.2. The van der Waals surface area contributed by atoms with Crippen molar-refractivity contribution in [1.29, 1.82) is 0 Å². The molecule has 0 saturated heterocycles. The molecule has 0 saturated carbocycles. The van der Waals surface area contributed by atoms with Gasteiger partial charge in [-0.2, -0.15) is 0 Å². The number of amides is 1. The summed E-state index contributed by atoms with van der Waals surface area (Å²) in [5.41, 5.74) is 5.36. The molecule has 0 radical (unpaired) electrons. The van der Waals surface area contributed by atoms with Crippen LogP contribution in [0.15, 0.2) is 0 Å². The number of rotatable bonds is 24. The summed E-state index contributed by atoms with van der Waals surface area (Å²) in [7, 11) is 0. The largest absolute Gasteiger partial charge is 0.394 e. The van der Waals surface area contributed by atoms with Gasteiger partial charge in [0.2, 0.25) is 5.91 Å². The normalized spacial score (nSPS) is 11.1. The highest BCUT2D eigenvalue weighted by atomic mass is 16.5. The molecule has 0 heterocycles. The monoisotopic (exact) mass is 424 g/mol. The number of ether oxygens (including phenoxy) is 6. The van der Waals surface area contributed by atoms with Gasteiger partial charge in [-0.15, -0.1) is 0 Å². The number of aliphatic hydroxyl groups excluding tert-OH is 1. The van der Waals surface area contributed by atoms with Gasteiger partial charge in [0.05, 0.1) is 72.7 Å². The lowest BCUT2D eigenvalue weighted by Crippen LogP contribution is -2.26. The van der Waals surface area contributed by atoms with Crippen molar-refractivity contribution in [3.05, 3.63) is 0 Å². The fourth-order valence-electron chi connectivity index (χ4n) is 1.99. The Kier molecular flexibility index (Phi) is 24.4. The predicted molar refractivity (Wildman–Crippen MR) is 108 cm³/mol. The van der Waals surface area contributed by atoms with Gasteiger partial charge >= 0.3 is 0 Å². The average molecular weight is 425 g/mol. The van der Waals surface area contributed by atoms with Crippen LogP contribution < -0.4 is 11.1 Å². The molecule has 10 heteroatoms. The zero-order valence-electron chi connectivity index (χ0n) is 17.6. The first-order chi connectivity index (χ1) is 14.3. The van der Waals surface area contributed by atoms with Crippen LogP contribution in [0.3, 0.4) is 0 Å². The number of hydrogen-bond acceptors (Lipinski definition) is 9. The molecule has 0 bridgehead atoms. The lowest BCUT2D eigenvalue weighted by Gasteiger charge is -2.08. The summed E-state index contributed by atoms with van der Waals surface area (Å²) in [5, 5.41) is 11.4. The molecule has 1 amide bonds. The van der Waals surface area contributed by atoms with Gasteiger partial charge in [-0.05, 0) is 19.4 Å². The highest BCUT2D eigenvalue weighted by molar-refractivity contribution is 5.75. The van der Waals surface area contributed by atoms with Crippen molar-refractivity contribution in [2.24, 2.45) is 5.73 Å². The number of nitrogens with one attached hydrogen (secondary N) is 1. The van der Waals surface area contributed by atoms with E-state index in [2.05, 4.69) is 5.32 Å². The van der Waals surface area contributed by atoms with Crippen molar-refractivity contribution in [3.63, 3.8) is 0 Å². The van der Waals surface area contributed by atoms with Gasteiger partial charge in [-0.3, -0.25) is 4.79 Å². The van der Waals surface area contributed by atoms with Crippen LogP contribution in [0.5, 0.6) is 0 Å². The lowest BCUT2D eigenvalue weighted by molar-refractivity contribution is -0.122. The lowest BCUT2D eigenvalue weighted by atomic mass is 10.4. The van der Waals surface area contributed by atoms with E-state index in [0.717, 1.165) is 12.8 Å². The number of carbonyl (C=O) groups excluding carboxylic acids is 1. The van der Waals surface area contributed by atoms with Crippen molar-refractivity contribution in [2.45, 2.75) is 19.3 Å². The molecule has 0 aliphatic heterocycles. The average Bonchev–Trinajstić information content (AvgIpc) is 2.72. The minimum atomic E-state index is -0.0405. The SMILES string of the molecule is NCCCOCCOCCOCCCNC(=O)CCOCCOCCOCCO. The molecule has 0 aromatic heterocycles. The first-order valence-electron chi connectivity index (χ1n) is 10.3. The fourth-order valence-corrected chi connectivity index (χ4v) is 1.99. The maximum Gasteiger partial charge on any atom is 0.222 e. The smallest absolute Gasteiger partial charge is 0.222 e. The quantitative estimate of drug-likeness (QED) is 0.173. The van der Waals surface area contributed by atoms with Crippen LogP contribution in [-0.4, -0.2) is 110 Å². The zero-order chi connectivity index (χ0) is 21.3. The summed E-state index contributed by atoms with van der Waals surface area (Å²) in [6.45, 7) is 7.14. The van der Waals surface area contributed by atoms with Crippen LogP contribution >= 0.6 is 0 Å². The van der Waals surface area contributed by atoms with E-state index in [0.29, 0.717) is 98.8 Å². The Labute approximate surface area is 174 Å². The Morgan fingerprint density at radius 2 is 1.10 bits per heavy atom. The molecule has 0 spiro atoms. The first kappa shape index (κ1) is 28.1. The Hall–Kier alpha value is -0.850. The molecule has 0 rings (SSSR count). The van der Waals surface area contributed by atoms with Crippen molar-refractivity contribution in [3.8, 4) is 0 Å². The first-order valence-corrected chi connectivity index (χ1v) is 10.3. The van der Waals surface area contributed by atoms with Crippen LogP contribution in [0.25, 0.3) is 0 Å². The van der Waals surface area contributed by atoms with Crippen molar-refractivity contribution in [1.82, 2.24) is 5.32 Å². The summed E-state index contributed by atoms with van der Waals surface area (Å²) in [6.07, 6.45) is 1.94. The third kappa shape index (κ3) is 25.1. The fraction of sp³-hybridized carbons (Fsp3) is 0.947. The Bertz CT molecular complexity index is 337. The molecule has 174 valence electrons. The summed E-state index contributed by atoms with van der Waals surface area (Å²) in [6, 6.07) is 0. The van der Waals surface area contributed by atoms with E-state index in [1.807, 2.05) is 0 Å². The van der Waals surface area contributed by atoms with E-state index >= 15 is 0 Å². The molecule has 0 aliphatic carbocycles. The van der Waals surface area contributed by atoms with Gasteiger partial charge in [0.1, 0.15) is 0 Å². The second-order valence-corrected chi connectivity index (χ2v) is 5.99. The summed E-state index contributed by atoms with van der Waals surface area (Å²) in [4.78, 5) is 11.6. The van der Waals surface area contributed by atoms with Crippen LogP contribution in [0.1, 0.15) is 19.3 Å². The summed E-state index contributed by atoms with van der Waals surface area (Å²) in [5.74, 6) is -0.0405. The van der Waals surface area contributed by atoms with Gasteiger partial charge in [-0.25, -0.2) is 0 Å². The number of carbonyl (C=O) groups is 1. The van der Waals surface area contributed by atoms with E-state index in [-0.39, 0.29) is 12.5 Å². The maximum absolute atomic E-state index is 11.6. The van der Waals surface area contributed by atoms with Crippen molar-refractivity contribution in [2.75, 3.05) is 99.0 Å². The molecule has 0 unspecified atom stereocenters. The molecule has 0 aromatic rings. The number of hydrogen-bond donors (Lipinski definition) is 3. The molecule has 10 nitrogen and oxygen atoms in total. The number of aliphatic hydroxyl groups is 1. The molecule has 0 fully saturated rings. The minimum absolute atomic E-state index is 0.0138. The van der Waals surface area contributed by atoms with E-state index < -0.39 is 0 Å². The van der Waals surface area contributed by atoms with Crippen molar-refractivity contribution < 1.29 is 38.3 Å². The third-order valence-corrected chi connectivity index (χ3v) is 3.48. The topological polar surface area (TPSA) is 131 Å². The molecule has 0 aromatic carbocycles. The standard InChI is InChI=1S/C19H40N2O8/c20-4-1-7-24-11-15-28-16-12-25-8-2-5-21-19(23)3-9-26-13-17-29-18-14-27-10-6-22/h22H,1-18,20H2,(H,21,23). The van der Waals surface area contributed by atoms with E-state index in [1.54, 1.807) is 0 Å². The van der Waals surface area contributed by atoms with Crippen LogP contribution in [0, 0.1) is 0 Å². The number of nitrogens with two attached hydrogens (primary N) is 1.